The molecule has 0 heterocycles. The number of aromatic hydroxyl groups is 1. The maximum absolute atomic E-state index is 11.0. The van der Waals surface area contributed by atoms with Crippen LogP contribution in [0, 0.1) is 13.8 Å². The van der Waals surface area contributed by atoms with Crippen LogP contribution >= 0.6 is 23.2 Å². The monoisotopic (exact) mass is 456 g/mol. The van der Waals surface area contributed by atoms with E-state index in [4.69, 9.17) is 23.2 Å². The van der Waals surface area contributed by atoms with Gasteiger partial charge in [-0.2, -0.15) is 0 Å². The Balaban J connectivity index is 1.94. The molecule has 0 atom stereocenters. The van der Waals surface area contributed by atoms with Crippen molar-refractivity contribution in [1.82, 2.24) is 0 Å². The lowest BCUT2D eigenvalue weighted by molar-refractivity contribution is 0.465. The number of halogens is 2. The van der Waals surface area contributed by atoms with Crippen molar-refractivity contribution in [3.05, 3.63) is 140 Å². The van der Waals surface area contributed by atoms with Gasteiger partial charge < -0.3 is 5.11 Å². The average molecular weight is 457 g/mol. The highest BCUT2D eigenvalue weighted by atomic mass is 35.5. The van der Waals surface area contributed by atoms with Crippen LogP contribution in [0.25, 0.3) is 5.57 Å². The highest BCUT2D eigenvalue weighted by molar-refractivity contribution is 6.30. The quantitative estimate of drug-likeness (QED) is 0.330. The standard InChI is InChI=1S/C29H22Cl2O/c1-18-16-25-26(20-6-4-3-5-7-20)17-29(27(25)19(2)28(18)32,21-8-12-23(30)13-9-21)22-10-14-24(31)15-11-22/h3-17,32H,1-2H3. The summed E-state index contributed by atoms with van der Waals surface area (Å²) in [6.07, 6.45) is 2.32. The van der Waals surface area contributed by atoms with Gasteiger partial charge in [-0.05, 0) is 88.7 Å². The summed E-state index contributed by atoms with van der Waals surface area (Å²) in [5, 5.41) is 12.4. The van der Waals surface area contributed by atoms with Gasteiger partial charge in [-0.25, -0.2) is 0 Å². The van der Waals surface area contributed by atoms with Crippen LogP contribution in [0.4, 0.5) is 0 Å². The summed E-state index contributed by atoms with van der Waals surface area (Å²) in [6, 6.07) is 28.5. The lowest BCUT2D eigenvalue weighted by Crippen LogP contribution is -2.26. The van der Waals surface area contributed by atoms with Crippen molar-refractivity contribution in [1.29, 1.82) is 0 Å². The number of phenolic OH excluding ortho intramolecular Hbond substituents is 1. The van der Waals surface area contributed by atoms with Gasteiger partial charge in [0.1, 0.15) is 5.75 Å². The molecule has 1 aliphatic carbocycles. The summed E-state index contributed by atoms with van der Waals surface area (Å²) in [7, 11) is 0. The smallest absolute Gasteiger partial charge is 0.121 e. The Morgan fingerprint density at radius 1 is 0.719 bits per heavy atom. The van der Waals surface area contributed by atoms with Crippen molar-refractivity contribution >= 4 is 28.8 Å². The Labute approximate surface area is 198 Å². The highest BCUT2D eigenvalue weighted by Crippen LogP contribution is 2.54. The van der Waals surface area contributed by atoms with Gasteiger partial charge in [0, 0.05) is 10.0 Å². The molecular formula is C29H22Cl2O. The van der Waals surface area contributed by atoms with E-state index < -0.39 is 5.41 Å². The number of aryl methyl sites for hydroxylation is 1. The van der Waals surface area contributed by atoms with Crippen LogP contribution in [0.15, 0.2) is 91.0 Å². The van der Waals surface area contributed by atoms with Crippen LogP contribution in [0.3, 0.4) is 0 Å². The molecule has 1 nitrogen and oxygen atoms in total. The maximum atomic E-state index is 11.0. The summed E-state index contributed by atoms with van der Waals surface area (Å²) >= 11 is 12.5. The van der Waals surface area contributed by atoms with E-state index in [2.05, 4.69) is 60.7 Å². The Kier molecular flexibility index (Phi) is 5.12. The summed E-state index contributed by atoms with van der Waals surface area (Å²) in [5.74, 6) is 0.332. The van der Waals surface area contributed by atoms with Gasteiger partial charge >= 0.3 is 0 Å². The highest BCUT2D eigenvalue weighted by Gasteiger charge is 2.43. The maximum Gasteiger partial charge on any atom is 0.121 e. The summed E-state index contributed by atoms with van der Waals surface area (Å²) < 4.78 is 0. The number of allylic oxidation sites excluding steroid dienone is 1. The topological polar surface area (TPSA) is 20.2 Å². The SMILES string of the molecule is Cc1cc2c(c(C)c1O)C(c1ccc(Cl)cc1)(c1ccc(Cl)cc1)C=C2c1ccccc1. The number of benzene rings is 4. The van der Waals surface area contributed by atoms with Crippen LogP contribution in [0.1, 0.15) is 38.9 Å². The van der Waals surface area contributed by atoms with Gasteiger partial charge in [-0.15, -0.1) is 0 Å². The van der Waals surface area contributed by atoms with Gasteiger partial charge in [0.2, 0.25) is 0 Å². The molecule has 158 valence electrons. The van der Waals surface area contributed by atoms with Crippen molar-refractivity contribution < 1.29 is 5.11 Å². The van der Waals surface area contributed by atoms with Gasteiger partial charge in [0.15, 0.2) is 0 Å². The first-order chi connectivity index (χ1) is 15.4. The predicted octanol–water partition coefficient (Wildman–Crippen LogP) is 8.10. The van der Waals surface area contributed by atoms with Crippen molar-refractivity contribution in [3.63, 3.8) is 0 Å². The normalized spacial score (nSPS) is 14.2. The van der Waals surface area contributed by atoms with E-state index in [0.717, 1.165) is 44.5 Å². The minimum absolute atomic E-state index is 0.332. The number of hydrogen-bond donors (Lipinski definition) is 1. The molecule has 0 amide bonds. The van der Waals surface area contributed by atoms with Crippen molar-refractivity contribution in [3.8, 4) is 5.75 Å². The third-order valence-corrected chi connectivity index (χ3v) is 6.97. The minimum Gasteiger partial charge on any atom is -0.507 e. The third kappa shape index (κ3) is 3.16. The molecule has 0 aliphatic heterocycles. The summed E-state index contributed by atoms with van der Waals surface area (Å²) in [4.78, 5) is 0. The average Bonchev–Trinajstić information content (AvgIpc) is 3.15. The van der Waals surface area contributed by atoms with Crippen LogP contribution in [-0.4, -0.2) is 5.11 Å². The fourth-order valence-electron chi connectivity index (χ4n) is 4.96. The van der Waals surface area contributed by atoms with E-state index in [1.54, 1.807) is 0 Å². The molecule has 1 aliphatic rings. The van der Waals surface area contributed by atoms with Gasteiger partial charge in [-0.1, -0.05) is 83.9 Å². The summed E-state index contributed by atoms with van der Waals surface area (Å²) in [6.45, 7) is 3.96. The predicted molar refractivity (Wildman–Crippen MR) is 134 cm³/mol. The molecule has 32 heavy (non-hydrogen) atoms. The molecule has 0 unspecified atom stereocenters. The zero-order chi connectivity index (χ0) is 22.5. The molecule has 1 N–H and O–H groups in total. The van der Waals surface area contributed by atoms with E-state index in [0.29, 0.717) is 15.8 Å². The second-order valence-electron chi connectivity index (χ2n) is 8.34. The Bertz CT molecular complexity index is 1290. The first-order valence-corrected chi connectivity index (χ1v) is 11.3. The van der Waals surface area contributed by atoms with E-state index in [9.17, 15) is 5.11 Å². The summed E-state index contributed by atoms with van der Waals surface area (Å²) in [5.41, 5.74) is 7.84. The Morgan fingerprint density at radius 3 is 1.78 bits per heavy atom. The second-order valence-corrected chi connectivity index (χ2v) is 9.21. The van der Waals surface area contributed by atoms with Crippen LogP contribution in [0.5, 0.6) is 5.75 Å². The van der Waals surface area contributed by atoms with Gasteiger partial charge in [-0.3, -0.25) is 0 Å². The van der Waals surface area contributed by atoms with Gasteiger partial charge in [0.05, 0.1) is 5.41 Å². The molecule has 0 aromatic heterocycles. The number of hydrogen-bond acceptors (Lipinski definition) is 1. The molecule has 0 radical (unpaired) electrons. The molecule has 0 saturated heterocycles. The molecule has 0 fully saturated rings. The molecule has 4 aromatic rings. The number of rotatable bonds is 3. The minimum atomic E-state index is -0.592. The largest absolute Gasteiger partial charge is 0.507 e. The van der Waals surface area contributed by atoms with Crippen LogP contribution in [-0.2, 0) is 5.41 Å². The van der Waals surface area contributed by atoms with Crippen LogP contribution in [0.2, 0.25) is 10.0 Å². The van der Waals surface area contributed by atoms with E-state index in [1.807, 2.05) is 44.2 Å². The first-order valence-electron chi connectivity index (χ1n) is 10.6. The van der Waals surface area contributed by atoms with Crippen molar-refractivity contribution in [2.45, 2.75) is 19.3 Å². The number of fused-ring (bicyclic) bond motifs is 1. The third-order valence-electron chi connectivity index (χ3n) is 6.46. The Hall–Kier alpha value is -3.00. The fraction of sp³-hybridized carbons (Fsp3) is 0.103. The molecule has 0 bridgehead atoms. The molecule has 0 spiro atoms. The first kappa shape index (κ1) is 20.9. The van der Waals surface area contributed by atoms with E-state index in [1.165, 1.54) is 0 Å². The van der Waals surface area contributed by atoms with E-state index in [-0.39, 0.29) is 0 Å². The Morgan fingerprint density at radius 2 is 1.25 bits per heavy atom. The molecular weight excluding hydrogens is 435 g/mol. The lowest BCUT2D eigenvalue weighted by atomic mass is 9.69. The second kappa shape index (κ2) is 7.85. The zero-order valence-corrected chi connectivity index (χ0v) is 19.4. The molecule has 3 heteroatoms. The number of phenols is 1. The van der Waals surface area contributed by atoms with Crippen LogP contribution < -0.4 is 0 Å². The van der Waals surface area contributed by atoms with Crippen molar-refractivity contribution in [2.24, 2.45) is 0 Å². The van der Waals surface area contributed by atoms with Crippen molar-refractivity contribution in [2.75, 3.05) is 0 Å². The molecule has 0 saturated carbocycles. The van der Waals surface area contributed by atoms with Gasteiger partial charge in [0.25, 0.3) is 0 Å². The fourth-order valence-corrected chi connectivity index (χ4v) is 5.22. The zero-order valence-electron chi connectivity index (χ0n) is 17.9. The molecule has 5 rings (SSSR count). The molecule has 4 aromatic carbocycles. The lowest BCUT2D eigenvalue weighted by Gasteiger charge is -2.32. The van der Waals surface area contributed by atoms with E-state index >= 15 is 0 Å².